The third kappa shape index (κ3) is 2.05. The number of amides is 1. The number of aliphatic carboxylic acids is 1. The normalized spacial score (nSPS) is 23.4. The second-order valence-corrected chi connectivity index (χ2v) is 5.70. The Kier molecular flexibility index (Phi) is 3.47. The van der Waals surface area contributed by atoms with Gasteiger partial charge in [-0.2, -0.15) is 0 Å². The van der Waals surface area contributed by atoms with Gasteiger partial charge in [-0.15, -0.1) is 0 Å². The summed E-state index contributed by atoms with van der Waals surface area (Å²) in [6, 6.07) is 0. The summed E-state index contributed by atoms with van der Waals surface area (Å²) in [5.74, 6) is -1.26. The Morgan fingerprint density at radius 1 is 1.55 bits per heavy atom. The molecule has 2 heterocycles. The molecule has 108 valence electrons. The van der Waals surface area contributed by atoms with E-state index in [1.807, 2.05) is 0 Å². The zero-order valence-corrected chi connectivity index (χ0v) is 12.1. The highest BCUT2D eigenvalue weighted by Crippen LogP contribution is 2.33. The lowest BCUT2D eigenvalue weighted by molar-refractivity contribution is -0.144. The SMILES string of the molecule is CC1=C(Cl)C(=O)N(C2=NCC(C(C)(C)C(=O)O)=C2)C1O. The number of hydrogen-bond acceptors (Lipinski definition) is 4. The van der Waals surface area contributed by atoms with Crippen molar-refractivity contribution in [2.75, 3.05) is 6.54 Å². The molecule has 7 heteroatoms. The molecule has 0 saturated heterocycles. The van der Waals surface area contributed by atoms with Crippen molar-refractivity contribution in [1.82, 2.24) is 4.90 Å². The Bertz CT molecular complexity index is 589. The Hall–Kier alpha value is -1.66. The van der Waals surface area contributed by atoms with Gasteiger partial charge in [0.1, 0.15) is 10.9 Å². The molecule has 1 unspecified atom stereocenters. The molecule has 0 radical (unpaired) electrons. The second-order valence-electron chi connectivity index (χ2n) is 5.32. The molecule has 0 aliphatic carbocycles. The molecule has 0 aromatic rings. The maximum absolute atomic E-state index is 12.0. The lowest BCUT2D eigenvalue weighted by atomic mass is 9.84. The van der Waals surface area contributed by atoms with Gasteiger partial charge in [-0.05, 0) is 32.4 Å². The van der Waals surface area contributed by atoms with Crippen molar-refractivity contribution in [1.29, 1.82) is 0 Å². The maximum atomic E-state index is 12.0. The molecular weight excluding hydrogens is 284 g/mol. The summed E-state index contributed by atoms with van der Waals surface area (Å²) in [5, 5.41) is 19.2. The Labute approximate surface area is 121 Å². The number of aliphatic hydroxyl groups excluding tert-OH is 1. The summed E-state index contributed by atoms with van der Waals surface area (Å²) in [6.45, 7) is 4.88. The second kappa shape index (κ2) is 4.71. The van der Waals surface area contributed by atoms with Crippen LogP contribution in [0.2, 0.25) is 0 Å². The Morgan fingerprint density at radius 2 is 2.15 bits per heavy atom. The molecule has 2 N–H and O–H groups in total. The van der Waals surface area contributed by atoms with Gasteiger partial charge in [0.2, 0.25) is 0 Å². The van der Waals surface area contributed by atoms with E-state index in [1.54, 1.807) is 20.8 Å². The van der Waals surface area contributed by atoms with E-state index in [0.29, 0.717) is 11.1 Å². The van der Waals surface area contributed by atoms with Crippen LogP contribution in [0, 0.1) is 5.41 Å². The summed E-state index contributed by atoms with van der Waals surface area (Å²) in [5.41, 5.74) is -0.148. The average molecular weight is 299 g/mol. The van der Waals surface area contributed by atoms with Gasteiger partial charge >= 0.3 is 5.97 Å². The van der Waals surface area contributed by atoms with E-state index in [9.17, 15) is 19.8 Å². The van der Waals surface area contributed by atoms with E-state index >= 15 is 0 Å². The van der Waals surface area contributed by atoms with Crippen molar-refractivity contribution in [3.8, 4) is 0 Å². The van der Waals surface area contributed by atoms with Crippen molar-refractivity contribution in [2.45, 2.75) is 27.0 Å². The molecule has 1 atom stereocenters. The summed E-state index contributed by atoms with van der Waals surface area (Å²) >= 11 is 5.82. The van der Waals surface area contributed by atoms with Gasteiger partial charge in [-0.1, -0.05) is 11.6 Å². The smallest absolute Gasteiger partial charge is 0.313 e. The minimum Gasteiger partial charge on any atom is -0.481 e. The Morgan fingerprint density at radius 3 is 2.60 bits per heavy atom. The number of hydrogen-bond donors (Lipinski definition) is 2. The van der Waals surface area contributed by atoms with Gasteiger partial charge in [-0.25, -0.2) is 0 Å². The number of carbonyl (C=O) groups excluding carboxylic acids is 1. The van der Waals surface area contributed by atoms with Crippen molar-refractivity contribution in [3.05, 3.63) is 22.3 Å². The van der Waals surface area contributed by atoms with Crippen LogP contribution in [0.1, 0.15) is 20.8 Å². The lowest BCUT2D eigenvalue weighted by Gasteiger charge is -2.21. The third-order valence-corrected chi connectivity index (χ3v) is 4.14. The first-order chi connectivity index (χ1) is 9.17. The molecule has 2 rings (SSSR count). The number of amidine groups is 1. The van der Waals surface area contributed by atoms with Crippen LogP contribution in [0.5, 0.6) is 0 Å². The fourth-order valence-corrected chi connectivity index (χ4v) is 2.18. The molecule has 0 aromatic carbocycles. The highest BCUT2D eigenvalue weighted by Gasteiger charge is 2.40. The summed E-state index contributed by atoms with van der Waals surface area (Å²) in [4.78, 5) is 28.4. The van der Waals surface area contributed by atoms with Gasteiger partial charge in [0.25, 0.3) is 5.91 Å². The van der Waals surface area contributed by atoms with Gasteiger partial charge in [0.15, 0.2) is 6.23 Å². The molecule has 0 spiro atoms. The van der Waals surface area contributed by atoms with Crippen LogP contribution < -0.4 is 0 Å². The summed E-state index contributed by atoms with van der Waals surface area (Å²) in [6.07, 6.45) is 0.371. The molecular formula is C13H15ClN2O4. The molecule has 2 aliphatic heterocycles. The number of carboxylic acids is 1. The van der Waals surface area contributed by atoms with E-state index < -0.39 is 23.5 Å². The monoisotopic (exact) mass is 298 g/mol. The van der Waals surface area contributed by atoms with Gasteiger partial charge < -0.3 is 10.2 Å². The molecule has 2 aliphatic rings. The van der Waals surface area contributed by atoms with E-state index in [1.165, 1.54) is 6.08 Å². The first-order valence-electron chi connectivity index (χ1n) is 6.04. The topological polar surface area (TPSA) is 90.2 Å². The number of aliphatic imine (C=N–C) groups is 1. The minimum atomic E-state index is -1.16. The molecule has 20 heavy (non-hydrogen) atoms. The largest absolute Gasteiger partial charge is 0.481 e. The predicted molar refractivity (Wildman–Crippen MR) is 73.2 cm³/mol. The van der Waals surface area contributed by atoms with Gasteiger partial charge in [0, 0.05) is 5.57 Å². The van der Waals surface area contributed by atoms with Crippen molar-refractivity contribution < 1.29 is 19.8 Å². The van der Waals surface area contributed by atoms with Crippen LogP contribution in [0.4, 0.5) is 0 Å². The standard InChI is InChI=1S/C13H15ClN2O4/c1-6-9(14)11(18)16(10(6)17)8-4-7(5-15-8)13(2,3)12(19)20/h4,10,17H,5H2,1-3H3,(H,19,20). The summed E-state index contributed by atoms with van der Waals surface area (Å²) < 4.78 is 0. The van der Waals surface area contributed by atoms with Crippen LogP contribution in [-0.2, 0) is 9.59 Å². The number of carboxylic acid groups (broad SMARTS) is 1. The zero-order valence-electron chi connectivity index (χ0n) is 11.3. The van der Waals surface area contributed by atoms with E-state index in [4.69, 9.17) is 11.6 Å². The van der Waals surface area contributed by atoms with Crippen molar-refractivity contribution in [3.63, 3.8) is 0 Å². The summed E-state index contributed by atoms with van der Waals surface area (Å²) in [7, 11) is 0. The van der Waals surface area contributed by atoms with Crippen LogP contribution in [0.3, 0.4) is 0 Å². The van der Waals surface area contributed by atoms with E-state index in [-0.39, 0.29) is 17.4 Å². The zero-order chi connectivity index (χ0) is 15.2. The quantitative estimate of drug-likeness (QED) is 0.799. The van der Waals surface area contributed by atoms with E-state index in [0.717, 1.165) is 4.90 Å². The predicted octanol–water partition coefficient (Wildman–Crippen LogP) is 1.11. The first kappa shape index (κ1) is 14.7. The fraction of sp³-hybridized carbons (Fsp3) is 0.462. The van der Waals surface area contributed by atoms with Crippen LogP contribution in [0.15, 0.2) is 27.2 Å². The average Bonchev–Trinajstić information content (AvgIpc) is 2.92. The number of carbonyl (C=O) groups is 2. The first-order valence-corrected chi connectivity index (χ1v) is 6.42. The highest BCUT2D eigenvalue weighted by molar-refractivity contribution is 6.44. The number of halogens is 1. The molecule has 1 amide bonds. The number of rotatable bonds is 2. The van der Waals surface area contributed by atoms with Gasteiger partial charge in [0.05, 0.1) is 12.0 Å². The molecule has 6 nitrogen and oxygen atoms in total. The molecule has 0 fully saturated rings. The molecule has 0 bridgehead atoms. The lowest BCUT2D eigenvalue weighted by Crippen LogP contribution is -2.39. The minimum absolute atomic E-state index is 0.0282. The van der Waals surface area contributed by atoms with Crippen molar-refractivity contribution in [2.24, 2.45) is 10.4 Å². The highest BCUT2D eigenvalue weighted by atomic mass is 35.5. The molecule has 0 saturated carbocycles. The van der Waals surface area contributed by atoms with Crippen LogP contribution in [-0.4, -0.2) is 45.6 Å². The fourth-order valence-electron chi connectivity index (χ4n) is 2.00. The van der Waals surface area contributed by atoms with Crippen LogP contribution >= 0.6 is 11.6 Å². The van der Waals surface area contributed by atoms with Crippen LogP contribution in [0.25, 0.3) is 0 Å². The van der Waals surface area contributed by atoms with E-state index in [2.05, 4.69) is 4.99 Å². The number of aliphatic hydroxyl groups is 1. The number of nitrogens with zero attached hydrogens (tertiary/aromatic N) is 2. The maximum Gasteiger partial charge on any atom is 0.313 e. The Balaban J connectivity index is 2.29. The van der Waals surface area contributed by atoms with Crippen molar-refractivity contribution >= 4 is 29.3 Å². The van der Waals surface area contributed by atoms with Gasteiger partial charge in [-0.3, -0.25) is 19.5 Å². The third-order valence-electron chi connectivity index (χ3n) is 3.68. The molecule has 0 aromatic heterocycles.